The molecule has 0 bridgehead atoms. The molecule has 20 heavy (non-hydrogen) atoms. The number of benzene rings is 2. The molecular formula is C18H23NO. The van der Waals surface area contributed by atoms with Crippen LogP contribution in [0.5, 0.6) is 5.75 Å². The molecule has 0 aliphatic heterocycles. The lowest BCUT2D eigenvalue weighted by Gasteiger charge is -2.09. The molecule has 0 saturated heterocycles. The average Bonchev–Trinajstić information content (AvgIpc) is 2.44. The summed E-state index contributed by atoms with van der Waals surface area (Å²) in [6.07, 6.45) is 2.04. The lowest BCUT2D eigenvalue weighted by molar-refractivity contribution is 0.306. The summed E-state index contributed by atoms with van der Waals surface area (Å²) in [6.45, 7) is 4.75. The van der Waals surface area contributed by atoms with Gasteiger partial charge in [0, 0.05) is 6.04 Å². The highest BCUT2D eigenvalue weighted by Gasteiger charge is 1.99. The van der Waals surface area contributed by atoms with Crippen molar-refractivity contribution in [3.8, 4) is 5.75 Å². The highest BCUT2D eigenvalue weighted by Crippen LogP contribution is 2.16. The molecule has 0 heterocycles. The number of ether oxygens (including phenoxy) is 1. The van der Waals surface area contributed by atoms with E-state index < -0.39 is 0 Å². The van der Waals surface area contributed by atoms with Gasteiger partial charge in [0.2, 0.25) is 0 Å². The molecule has 2 nitrogen and oxygen atoms in total. The van der Waals surface area contributed by atoms with Gasteiger partial charge in [-0.25, -0.2) is 0 Å². The monoisotopic (exact) mass is 269 g/mol. The van der Waals surface area contributed by atoms with Gasteiger partial charge in [-0.15, -0.1) is 0 Å². The van der Waals surface area contributed by atoms with Crippen LogP contribution in [0.1, 0.15) is 30.0 Å². The zero-order valence-electron chi connectivity index (χ0n) is 12.3. The van der Waals surface area contributed by atoms with E-state index in [1.807, 2.05) is 19.1 Å². The topological polar surface area (TPSA) is 35.2 Å². The molecule has 106 valence electrons. The summed E-state index contributed by atoms with van der Waals surface area (Å²) in [7, 11) is 0. The Labute approximate surface area is 121 Å². The third kappa shape index (κ3) is 4.71. The van der Waals surface area contributed by atoms with Crippen molar-refractivity contribution in [3.05, 3.63) is 65.2 Å². The van der Waals surface area contributed by atoms with E-state index in [4.69, 9.17) is 10.5 Å². The van der Waals surface area contributed by atoms with Crippen LogP contribution in [0.15, 0.2) is 48.5 Å². The standard InChI is InChI=1S/C18H23NO/c1-14-4-3-5-17(12-14)13-20-18-10-8-16(9-11-18)7-6-15(2)19/h3-5,8-12,15H,6-7,13,19H2,1-2H3. The predicted molar refractivity (Wildman–Crippen MR) is 83.9 cm³/mol. The molecule has 2 heteroatoms. The number of hydrogen-bond donors (Lipinski definition) is 1. The Balaban J connectivity index is 1.87. The second-order valence-corrected chi connectivity index (χ2v) is 5.44. The summed E-state index contributed by atoms with van der Waals surface area (Å²) < 4.78 is 5.80. The number of nitrogens with two attached hydrogens (primary N) is 1. The highest BCUT2D eigenvalue weighted by atomic mass is 16.5. The SMILES string of the molecule is Cc1cccc(COc2ccc(CCC(C)N)cc2)c1. The lowest BCUT2D eigenvalue weighted by atomic mass is 10.1. The Kier molecular flexibility index (Phi) is 5.19. The van der Waals surface area contributed by atoms with Crippen molar-refractivity contribution in [3.63, 3.8) is 0 Å². The van der Waals surface area contributed by atoms with Crippen LogP contribution < -0.4 is 10.5 Å². The van der Waals surface area contributed by atoms with E-state index >= 15 is 0 Å². The molecule has 0 aliphatic carbocycles. The largest absolute Gasteiger partial charge is 0.489 e. The smallest absolute Gasteiger partial charge is 0.119 e. The van der Waals surface area contributed by atoms with E-state index in [0.717, 1.165) is 18.6 Å². The van der Waals surface area contributed by atoms with E-state index in [2.05, 4.69) is 43.3 Å². The van der Waals surface area contributed by atoms with Crippen LogP contribution in [-0.2, 0) is 13.0 Å². The van der Waals surface area contributed by atoms with Crippen molar-refractivity contribution in [1.29, 1.82) is 0 Å². The molecule has 1 unspecified atom stereocenters. The minimum atomic E-state index is 0.257. The van der Waals surface area contributed by atoms with Crippen LogP contribution in [0.3, 0.4) is 0 Å². The van der Waals surface area contributed by atoms with Crippen LogP contribution in [0.25, 0.3) is 0 Å². The lowest BCUT2D eigenvalue weighted by Crippen LogP contribution is -2.15. The van der Waals surface area contributed by atoms with Crippen molar-refractivity contribution in [2.24, 2.45) is 5.73 Å². The van der Waals surface area contributed by atoms with Crippen molar-refractivity contribution >= 4 is 0 Å². The molecule has 0 aromatic heterocycles. The van der Waals surface area contributed by atoms with E-state index in [0.29, 0.717) is 6.61 Å². The first-order chi connectivity index (χ1) is 9.63. The Hall–Kier alpha value is -1.80. The van der Waals surface area contributed by atoms with Gasteiger partial charge in [-0.3, -0.25) is 0 Å². The fourth-order valence-electron chi connectivity index (χ4n) is 2.12. The highest BCUT2D eigenvalue weighted by molar-refractivity contribution is 5.28. The summed E-state index contributed by atoms with van der Waals surface area (Å²) >= 11 is 0. The fourth-order valence-corrected chi connectivity index (χ4v) is 2.12. The first-order valence-corrected chi connectivity index (χ1v) is 7.16. The maximum Gasteiger partial charge on any atom is 0.119 e. The third-order valence-electron chi connectivity index (χ3n) is 3.30. The third-order valence-corrected chi connectivity index (χ3v) is 3.30. The van der Waals surface area contributed by atoms with Gasteiger partial charge >= 0.3 is 0 Å². The van der Waals surface area contributed by atoms with Gasteiger partial charge in [-0.2, -0.15) is 0 Å². The van der Waals surface area contributed by atoms with Crippen LogP contribution in [0.2, 0.25) is 0 Å². The Bertz CT molecular complexity index is 531. The first kappa shape index (κ1) is 14.6. The van der Waals surface area contributed by atoms with Gasteiger partial charge in [0.15, 0.2) is 0 Å². The molecular weight excluding hydrogens is 246 g/mol. The molecule has 0 spiro atoms. The Morgan fingerprint density at radius 2 is 1.80 bits per heavy atom. The van der Waals surface area contributed by atoms with Crippen LogP contribution in [-0.4, -0.2) is 6.04 Å². The first-order valence-electron chi connectivity index (χ1n) is 7.16. The van der Waals surface area contributed by atoms with E-state index in [1.165, 1.54) is 16.7 Å². The second-order valence-electron chi connectivity index (χ2n) is 5.44. The van der Waals surface area contributed by atoms with Crippen molar-refractivity contribution in [2.45, 2.75) is 39.3 Å². The molecule has 1 atom stereocenters. The van der Waals surface area contributed by atoms with Crippen LogP contribution in [0.4, 0.5) is 0 Å². The molecule has 2 N–H and O–H groups in total. The maximum atomic E-state index is 5.80. The number of aryl methyl sites for hydroxylation is 2. The average molecular weight is 269 g/mol. The van der Waals surface area contributed by atoms with Crippen molar-refractivity contribution in [1.82, 2.24) is 0 Å². The normalized spacial score (nSPS) is 12.2. The summed E-state index contributed by atoms with van der Waals surface area (Å²) in [4.78, 5) is 0. The zero-order valence-corrected chi connectivity index (χ0v) is 12.3. The number of rotatable bonds is 6. The van der Waals surface area contributed by atoms with Gasteiger partial charge in [-0.05, 0) is 49.9 Å². The van der Waals surface area contributed by atoms with E-state index in [1.54, 1.807) is 0 Å². The number of hydrogen-bond acceptors (Lipinski definition) is 2. The zero-order chi connectivity index (χ0) is 14.4. The van der Waals surface area contributed by atoms with Gasteiger partial charge in [-0.1, -0.05) is 42.0 Å². The van der Waals surface area contributed by atoms with Gasteiger partial charge in [0.1, 0.15) is 12.4 Å². The minimum absolute atomic E-state index is 0.257. The molecule has 0 saturated carbocycles. The second kappa shape index (κ2) is 7.11. The molecule has 0 fully saturated rings. The molecule has 2 aromatic rings. The molecule has 0 radical (unpaired) electrons. The van der Waals surface area contributed by atoms with Gasteiger partial charge in [0.25, 0.3) is 0 Å². The van der Waals surface area contributed by atoms with Crippen molar-refractivity contribution < 1.29 is 4.74 Å². The summed E-state index contributed by atoms with van der Waals surface area (Å²) in [5.74, 6) is 0.913. The summed E-state index contributed by atoms with van der Waals surface area (Å²) in [5, 5.41) is 0. The van der Waals surface area contributed by atoms with Crippen LogP contribution >= 0.6 is 0 Å². The predicted octanol–water partition coefficient (Wildman–Crippen LogP) is 3.85. The molecule has 2 aromatic carbocycles. The summed E-state index contributed by atoms with van der Waals surface area (Å²) in [6, 6.07) is 17.0. The van der Waals surface area contributed by atoms with E-state index in [9.17, 15) is 0 Å². The van der Waals surface area contributed by atoms with Gasteiger partial charge in [0.05, 0.1) is 0 Å². The van der Waals surface area contributed by atoms with Gasteiger partial charge < -0.3 is 10.5 Å². The maximum absolute atomic E-state index is 5.80. The Morgan fingerprint density at radius 1 is 1.05 bits per heavy atom. The fraction of sp³-hybridized carbons (Fsp3) is 0.333. The van der Waals surface area contributed by atoms with Crippen molar-refractivity contribution in [2.75, 3.05) is 0 Å². The molecule has 0 amide bonds. The molecule has 0 aliphatic rings. The minimum Gasteiger partial charge on any atom is -0.489 e. The molecule has 2 rings (SSSR count). The summed E-state index contributed by atoms with van der Waals surface area (Å²) in [5.41, 5.74) is 9.54. The van der Waals surface area contributed by atoms with E-state index in [-0.39, 0.29) is 6.04 Å². The Morgan fingerprint density at radius 3 is 2.45 bits per heavy atom. The quantitative estimate of drug-likeness (QED) is 0.864. The van der Waals surface area contributed by atoms with Crippen LogP contribution in [0, 0.1) is 6.92 Å².